The first-order chi connectivity index (χ1) is 8.74. The van der Waals surface area contributed by atoms with Crippen LogP contribution in [0.2, 0.25) is 5.02 Å². The third kappa shape index (κ3) is 2.21. The molecule has 1 atom stereocenters. The molecule has 0 spiro atoms. The fraction of sp³-hybridized carbons (Fsp3) is 0.125. The van der Waals surface area contributed by atoms with Crippen LogP contribution in [-0.2, 0) is 0 Å². The second-order valence-electron chi connectivity index (χ2n) is 4.47. The van der Waals surface area contributed by atoms with Gasteiger partial charge in [-0.15, -0.1) is 0 Å². The molecule has 0 N–H and O–H groups in total. The Morgan fingerprint density at radius 1 is 1.06 bits per heavy atom. The molecule has 1 unspecified atom stereocenters. The van der Waals surface area contributed by atoms with Gasteiger partial charge in [-0.2, -0.15) is 0 Å². The predicted molar refractivity (Wildman–Crippen MR) is 80.1 cm³/mol. The minimum absolute atomic E-state index is 0.455. The Morgan fingerprint density at radius 3 is 2.72 bits per heavy atom. The fourth-order valence-electron chi connectivity index (χ4n) is 2.22. The lowest BCUT2D eigenvalue weighted by Gasteiger charge is -2.21. The van der Waals surface area contributed by atoms with Crippen LogP contribution in [0, 0.1) is 0 Å². The Balaban J connectivity index is 2.02. The molecular formula is C16H13ClS. The van der Waals surface area contributed by atoms with Crippen molar-refractivity contribution in [2.24, 2.45) is 0 Å². The summed E-state index contributed by atoms with van der Waals surface area (Å²) < 4.78 is 0. The molecule has 0 fully saturated rings. The lowest BCUT2D eigenvalue weighted by atomic mass is 9.99. The minimum Gasteiger partial charge on any atom is -0.0895 e. The summed E-state index contributed by atoms with van der Waals surface area (Å²) in [7, 11) is 0. The molecule has 0 saturated carbocycles. The minimum atomic E-state index is 0.455. The first-order valence-corrected chi connectivity index (χ1v) is 7.18. The van der Waals surface area contributed by atoms with Crippen molar-refractivity contribution in [1.29, 1.82) is 0 Å². The normalized spacial score (nSPS) is 18.1. The van der Waals surface area contributed by atoms with Gasteiger partial charge in [-0.25, -0.2) is 0 Å². The van der Waals surface area contributed by atoms with Crippen molar-refractivity contribution in [3.8, 4) is 0 Å². The summed E-state index contributed by atoms with van der Waals surface area (Å²) in [5.41, 5.74) is 2.61. The van der Waals surface area contributed by atoms with Crippen LogP contribution in [0.1, 0.15) is 24.0 Å². The molecule has 0 nitrogen and oxygen atoms in total. The molecule has 3 rings (SSSR count). The topological polar surface area (TPSA) is 0 Å². The van der Waals surface area contributed by atoms with Crippen LogP contribution in [-0.4, -0.2) is 0 Å². The first-order valence-electron chi connectivity index (χ1n) is 5.98. The summed E-state index contributed by atoms with van der Waals surface area (Å²) in [6, 6.07) is 16.7. The quantitative estimate of drug-likeness (QED) is 0.652. The number of hydrogen-bond acceptors (Lipinski definition) is 1. The maximum Gasteiger partial charge on any atom is 0.0412 e. The van der Waals surface area contributed by atoms with Gasteiger partial charge >= 0.3 is 0 Å². The van der Waals surface area contributed by atoms with E-state index in [1.165, 1.54) is 20.9 Å². The standard InChI is InChI=1S/C16H13ClS/c1-11-9-16(12-5-4-6-13(17)10-12)18-15-8-3-2-7-14(11)15/h2-11H,1H3. The van der Waals surface area contributed by atoms with Crippen molar-refractivity contribution in [2.45, 2.75) is 17.7 Å². The van der Waals surface area contributed by atoms with Gasteiger partial charge in [-0.3, -0.25) is 0 Å². The predicted octanol–water partition coefficient (Wildman–Crippen LogP) is 5.59. The average Bonchev–Trinajstić information content (AvgIpc) is 2.39. The van der Waals surface area contributed by atoms with E-state index in [0.29, 0.717) is 5.92 Å². The van der Waals surface area contributed by atoms with Crippen molar-refractivity contribution in [3.63, 3.8) is 0 Å². The van der Waals surface area contributed by atoms with E-state index in [0.717, 1.165) is 5.02 Å². The van der Waals surface area contributed by atoms with Gasteiger partial charge in [0.05, 0.1) is 0 Å². The van der Waals surface area contributed by atoms with Crippen molar-refractivity contribution in [2.75, 3.05) is 0 Å². The maximum atomic E-state index is 6.06. The lowest BCUT2D eigenvalue weighted by molar-refractivity contribution is 0.933. The van der Waals surface area contributed by atoms with Gasteiger partial charge in [-0.1, -0.05) is 66.7 Å². The van der Waals surface area contributed by atoms with Gasteiger partial charge in [0.1, 0.15) is 0 Å². The second kappa shape index (κ2) is 4.83. The van der Waals surface area contributed by atoms with E-state index in [9.17, 15) is 0 Å². The smallest absolute Gasteiger partial charge is 0.0412 e. The Hall–Kier alpha value is -1.18. The molecule has 0 aromatic heterocycles. The average molecular weight is 273 g/mol. The Bertz CT molecular complexity index is 616. The van der Waals surface area contributed by atoms with E-state index in [1.54, 1.807) is 0 Å². The summed E-state index contributed by atoms with van der Waals surface area (Å²) in [5.74, 6) is 0.455. The highest BCUT2D eigenvalue weighted by Gasteiger charge is 2.18. The molecule has 0 amide bonds. The maximum absolute atomic E-state index is 6.06. The first kappa shape index (κ1) is 11.9. The van der Waals surface area contributed by atoms with Crippen LogP contribution in [0.15, 0.2) is 59.5 Å². The lowest BCUT2D eigenvalue weighted by Crippen LogP contribution is -1.98. The SMILES string of the molecule is CC1C=C(c2cccc(Cl)c2)Sc2ccccc21. The van der Waals surface area contributed by atoms with Gasteiger partial charge in [0.25, 0.3) is 0 Å². The van der Waals surface area contributed by atoms with Crippen LogP contribution in [0.25, 0.3) is 4.91 Å². The van der Waals surface area contributed by atoms with E-state index >= 15 is 0 Å². The third-order valence-corrected chi connectivity index (χ3v) is 4.56. The third-order valence-electron chi connectivity index (χ3n) is 3.14. The zero-order valence-corrected chi connectivity index (χ0v) is 11.6. The van der Waals surface area contributed by atoms with Crippen LogP contribution in [0.5, 0.6) is 0 Å². The molecule has 1 aliphatic rings. The summed E-state index contributed by atoms with van der Waals surface area (Å²) in [4.78, 5) is 2.64. The van der Waals surface area contributed by atoms with E-state index in [2.05, 4.69) is 43.3 Å². The highest BCUT2D eigenvalue weighted by Crippen LogP contribution is 2.44. The molecule has 0 bridgehead atoms. The summed E-state index contributed by atoms with van der Waals surface area (Å²) in [6.07, 6.45) is 2.32. The Morgan fingerprint density at radius 2 is 1.89 bits per heavy atom. The molecule has 2 aromatic rings. The zero-order valence-electron chi connectivity index (χ0n) is 10.1. The molecule has 1 heterocycles. The Kier molecular flexibility index (Phi) is 3.19. The number of fused-ring (bicyclic) bond motifs is 1. The number of thioether (sulfide) groups is 1. The van der Waals surface area contributed by atoms with E-state index < -0.39 is 0 Å². The molecule has 0 saturated heterocycles. The molecule has 0 radical (unpaired) electrons. The molecule has 2 heteroatoms. The van der Waals surface area contributed by atoms with Crippen molar-refractivity contribution in [3.05, 3.63) is 70.8 Å². The number of rotatable bonds is 1. The van der Waals surface area contributed by atoms with Crippen molar-refractivity contribution < 1.29 is 0 Å². The molecule has 2 aromatic carbocycles. The van der Waals surface area contributed by atoms with Crippen LogP contribution in [0.4, 0.5) is 0 Å². The summed E-state index contributed by atoms with van der Waals surface area (Å²) in [6.45, 7) is 2.24. The van der Waals surface area contributed by atoms with Crippen LogP contribution >= 0.6 is 23.4 Å². The highest BCUT2D eigenvalue weighted by atomic mass is 35.5. The monoisotopic (exact) mass is 272 g/mol. The number of benzene rings is 2. The molecular weight excluding hydrogens is 260 g/mol. The Labute approximate surface area is 117 Å². The van der Waals surface area contributed by atoms with Crippen LogP contribution in [0.3, 0.4) is 0 Å². The van der Waals surface area contributed by atoms with E-state index in [-0.39, 0.29) is 0 Å². The van der Waals surface area contributed by atoms with E-state index in [4.69, 9.17) is 11.6 Å². The van der Waals surface area contributed by atoms with Gasteiger partial charge in [0.15, 0.2) is 0 Å². The van der Waals surface area contributed by atoms with Crippen LogP contribution < -0.4 is 0 Å². The summed E-state index contributed by atoms with van der Waals surface area (Å²) in [5, 5.41) is 0.792. The molecule has 0 aliphatic carbocycles. The second-order valence-corrected chi connectivity index (χ2v) is 5.99. The highest BCUT2D eigenvalue weighted by molar-refractivity contribution is 8.08. The van der Waals surface area contributed by atoms with Crippen molar-refractivity contribution >= 4 is 28.3 Å². The molecule has 1 aliphatic heterocycles. The fourth-order valence-corrected chi connectivity index (χ4v) is 3.68. The van der Waals surface area contributed by atoms with E-state index in [1.807, 2.05) is 30.0 Å². The summed E-state index contributed by atoms with van der Waals surface area (Å²) >= 11 is 7.89. The largest absolute Gasteiger partial charge is 0.0895 e. The molecule has 90 valence electrons. The van der Waals surface area contributed by atoms with Crippen molar-refractivity contribution in [1.82, 2.24) is 0 Å². The van der Waals surface area contributed by atoms with Gasteiger partial charge in [0.2, 0.25) is 0 Å². The number of halogens is 1. The number of hydrogen-bond donors (Lipinski definition) is 0. The van der Waals surface area contributed by atoms with Gasteiger partial charge < -0.3 is 0 Å². The van der Waals surface area contributed by atoms with Gasteiger partial charge in [-0.05, 0) is 29.3 Å². The zero-order chi connectivity index (χ0) is 12.5. The number of allylic oxidation sites excluding steroid dienone is 1. The molecule has 18 heavy (non-hydrogen) atoms. The van der Waals surface area contributed by atoms with Gasteiger partial charge in [0, 0.05) is 20.7 Å².